The van der Waals surface area contributed by atoms with Gasteiger partial charge in [0.1, 0.15) is 6.04 Å². The highest BCUT2D eigenvalue weighted by molar-refractivity contribution is 5.95. The fraction of sp³-hybridized carbons (Fsp3) is 0.529. The third-order valence-corrected chi connectivity index (χ3v) is 3.84. The number of amides is 2. The molecule has 1 saturated heterocycles. The van der Waals surface area contributed by atoms with Crippen LogP contribution in [0.5, 0.6) is 0 Å². The molecule has 2 N–H and O–H groups in total. The van der Waals surface area contributed by atoms with Crippen LogP contribution in [0.3, 0.4) is 0 Å². The lowest BCUT2D eigenvalue weighted by Gasteiger charge is -2.25. The first-order chi connectivity index (χ1) is 11.0. The van der Waals surface area contributed by atoms with Crippen LogP contribution in [-0.2, 0) is 20.9 Å². The number of carbonyl (C=O) groups is 2. The van der Waals surface area contributed by atoms with Gasteiger partial charge in [-0.3, -0.25) is 9.59 Å². The maximum atomic E-state index is 12.1. The summed E-state index contributed by atoms with van der Waals surface area (Å²) in [5, 5.41) is 6.00. The molecule has 0 saturated carbocycles. The number of nitrogens with zero attached hydrogens (tertiary/aromatic N) is 1. The molecule has 2 rings (SSSR count). The summed E-state index contributed by atoms with van der Waals surface area (Å²) < 4.78 is 5.29. The standard InChI is InChI=1S/C17H25N3O3/c1-12(2)20(13(3)21)10-14-4-6-15(7-5-14)19-17(22)16-11-23-9-8-18-16/h4-7,12,16,18H,8-11H2,1-3H3,(H,19,22). The predicted octanol–water partition coefficient (Wildman–Crippen LogP) is 1.37. The molecule has 0 bridgehead atoms. The van der Waals surface area contributed by atoms with E-state index in [9.17, 15) is 9.59 Å². The Labute approximate surface area is 137 Å². The monoisotopic (exact) mass is 319 g/mol. The van der Waals surface area contributed by atoms with Gasteiger partial charge in [-0.2, -0.15) is 0 Å². The van der Waals surface area contributed by atoms with Gasteiger partial charge in [0, 0.05) is 31.7 Å². The summed E-state index contributed by atoms with van der Waals surface area (Å²) in [6.45, 7) is 7.86. The molecule has 1 aromatic carbocycles. The fourth-order valence-corrected chi connectivity index (χ4v) is 2.51. The van der Waals surface area contributed by atoms with E-state index in [0.717, 1.165) is 11.3 Å². The zero-order chi connectivity index (χ0) is 16.8. The summed E-state index contributed by atoms with van der Waals surface area (Å²) in [5.74, 6) is -0.0363. The van der Waals surface area contributed by atoms with Crippen LogP contribution in [0.2, 0.25) is 0 Å². The number of carbonyl (C=O) groups excluding carboxylic acids is 2. The first-order valence-electron chi connectivity index (χ1n) is 7.95. The Morgan fingerprint density at radius 3 is 2.57 bits per heavy atom. The van der Waals surface area contributed by atoms with Crippen molar-refractivity contribution < 1.29 is 14.3 Å². The van der Waals surface area contributed by atoms with Crippen LogP contribution in [-0.4, -0.2) is 48.6 Å². The molecular formula is C17H25N3O3. The topological polar surface area (TPSA) is 70.7 Å². The van der Waals surface area contributed by atoms with E-state index in [0.29, 0.717) is 26.3 Å². The maximum absolute atomic E-state index is 12.1. The van der Waals surface area contributed by atoms with Crippen molar-refractivity contribution in [2.24, 2.45) is 0 Å². The van der Waals surface area contributed by atoms with E-state index in [1.54, 1.807) is 11.8 Å². The van der Waals surface area contributed by atoms with Crippen LogP contribution in [0.4, 0.5) is 5.69 Å². The molecule has 1 fully saturated rings. The van der Waals surface area contributed by atoms with Gasteiger partial charge in [0.05, 0.1) is 13.2 Å². The van der Waals surface area contributed by atoms with E-state index in [-0.39, 0.29) is 23.9 Å². The Balaban J connectivity index is 1.93. The van der Waals surface area contributed by atoms with E-state index in [1.165, 1.54) is 0 Å². The van der Waals surface area contributed by atoms with Crippen molar-refractivity contribution in [3.63, 3.8) is 0 Å². The third-order valence-electron chi connectivity index (χ3n) is 3.84. The number of ether oxygens (including phenoxy) is 1. The van der Waals surface area contributed by atoms with Gasteiger partial charge in [-0.05, 0) is 31.5 Å². The molecule has 0 aliphatic carbocycles. The zero-order valence-corrected chi connectivity index (χ0v) is 14.0. The quantitative estimate of drug-likeness (QED) is 0.860. The summed E-state index contributed by atoms with van der Waals surface area (Å²) >= 11 is 0. The number of nitrogens with one attached hydrogen (secondary N) is 2. The van der Waals surface area contributed by atoms with E-state index >= 15 is 0 Å². The molecule has 1 unspecified atom stereocenters. The van der Waals surface area contributed by atoms with E-state index in [4.69, 9.17) is 4.74 Å². The summed E-state index contributed by atoms with van der Waals surface area (Å²) in [6, 6.07) is 7.42. The summed E-state index contributed by atoms with van der Waals surface area (Å²) in [4.78, 5) is 25.5. The highest BCUT2D eigenvalue weighted by Crippen LogP contribution is 2.14. The minimum Gasteiger partial charge on any atom is -0.378 e. The Morgan fingerprint density at radius 2 is 2.04 bits per heavy atom. The molecule has 6 nitrogen and oxygen atoms in total. The lowest BCUT2D eigenvalue weighted by Crippen LogP contribution is -2.48. The van der Waals surface area contributed by atoms with Crippen LogP contribution in [0.1, 0.15) is 26.3 Å². The first kappa shape index (κ1) is 17.4. The largest absolute Gasteiger partial charge is 0.378 e. The number of morpholine rings is 1. The molecule has 1 atom stereocenters. The molecule has 2 amide bonds. The molecule has 0 spiro atoms. The predicted molar refractivity (Wildman–Crippen MR) is 89.0 cm³/mol. The third kappa shape index (κ3) is 5.04. The van der Waals surface area contributed by atoms with E-state index in [1.807, 2.05) is 38.1 Å². The van der Waals surface area contributed by atoms with Crippen molar-refractivity contribution in [3.05, 3.63) is 29.8 Å². The lowest BCUT2D eigenvalue weighted by atomic mass is 10.1. The van der Waals surface area contributed by atoms with Crippen molar-refractivity contribution >= 4 is 17.5 Å². The van der Waals surface area contributed by atoms with Gasteiger partial charge in [0.15, 0.2) is 0 Å². The maximum Gasteiger partial charge on any atom is 0.243 e. The minimum absolute atomic E-state index is 0.0563. The van der Waals surface area contributed by atoms with Gasteiger partial charge in [0.2, 0.25) is 11.8 Å². The first-order valence-corrected chi connectivity index (χ1v) is 7.95. The molecule has 0 aromatic heterocycles. The van der Waals surface area contributed by atoms with Gasteiger partial charge >= 0.3 is 0 Å². The second-order valence-corrected chi connectivity index (χ2v) is 6.01. The Kier molecular flexibility index (Phi) is 6.12. The lowest BCUT2D eigenvalue weighted by molar-refractivity contribution is -0.131. The Hall–Kier alpha value is -1.92. The van der Waals surface area contributed by atoms with Crippen molar-refractivity contribution in [1.82, 2.24) is 10.2 Å². The number of hydrogen-bond donors (Lipinski definition) is 2. The van der Waals surface area contributed by atoms with Crippen LogP contribution in [0.25, 0.3) is 0 Å². The number of benzene rings is 1. The number of hydrogen-bond acceptors (Lipinski definition) is 4. The van der Waals surface area contributed by atoms with Crippen LogP contribution in [0.15, 0.2) is 24.3 Å². The SMILES string of the molecule is CC(=O)N(Cc1ccc(NC(=O)C2COCCN2)cc1)C(C)C. The summed E-state index contributed by atoms with van der Waals surface area (Å²) in [6.07, 6.45) is 0. The van der Waals surface area contributed by atoms with E-state index < -0.39 is 0 Å². The second kappa shape index (κ2) is 8.08. The normalized spacial score (nSPS) is 17.8. The molecule has 1 aromatic rings. The van der Waals surface area contributed by atoms with Crippen LogP contribution >= 0.6 is 0 Å². The van der Waals surface area contributed by atoms with Crippen LogP contribution < -0.4 is 10.6 Å². The molecular weight excluding hydrogens is 294 g/mol. The summed E-state index contributed by atoms with van der Waals surface area (Å²) in [7, 11) is 0. The van der Waals surface area contributed by atoms with Gasteiger partial charge < -0.3 is 20.3 Å². The zero-order valence-electron chi connectivity index (χ0n) is 14.0. The number of anilines is 1. The average Bonchev–Trinajstić information content (AvgIpc) is 2.54. The molecule has 23 heavy (non-hydrogen) atoms. The fourth-order valence-electron chi connectivity index (χ4n) is 2.51. The highest BCUT2D eigenvalue weighted by atomic mass is 16.5. The molecule has 1 heterocycles. The average molecular weight is 319 g/mol. The van der Waals surface area contributed by atoms with Crippen LogP contribution in [0, 0.1) is 0 Å². The molecule has 6 heteroatoms. The summed E-state index contributed by atoms with van der Waals surface area (Å²) in [5.41, 5.74) is 1.77. The van der Waals surface area contributed by atoms with Gasteiger partial charge in [0.25, 0.3) is 0 Å². The molecule has 1 aliphatic heterocycles. The van der Waals surface area contributed by atoms with Gasteiger partial charge in [-0.25, -0.2) is 0 Å². The Bertz CT molecular complexity index is 537. The van der Waals surface area contributed by atoms with Crippen molar-refractivity contribution in [2.45, 2.75) is 39.4 Å². The second-order valence-electron chi connectivity index (χ2n) is 6.01. The van der Waals surface area contributed by atoms with Crippen molar-refractivity contribution in [3.8, 4) is 0 Å². The highest BCUT2D eigenvalue weighted by Gasteiger charge is 2.21. The molecule has 126 valence electrons. The smallest absolute Gasteiger partial charge is 0.243 e. The van der Waals surface area contributed by atoms with Gasteiger partial charge in [-0.15, -0.1) is 0 Å². The van der Waals surface area contributed by atoms with E-state index in [2.05, 4.69) is 10.6 Å². The molecule has 0 radical (unpaired) electrons. The number of rotatable bonds is 5. The molecule has 1 aliphatic rings. The minimum atomic E-state index is -0.308. The van der Waals surface area contributed by atoms with Crippen molar-refractivity contribution in [2.75, 3.05) is 25.1 Å². The van der Waals surface area contributed by atoms with Crippen molar-refractivity contribution in [1.29, 1.82) is 0 Å². The Morgan fingerprint density at radius 1 is 1.35 bits per heavy atom. The van der Waals surface area contributed by atoms with Gasteiger partial charge in [-0.1, -0.05) is 12.1 Å².